The fourth-order valence-electron chi connectivity index (χ4n) is 2.31. The van der Waals surface area contributed by atoms with E-state index in [9.17, 15) is 9.59 Å². The summed E-state index contributed by atoms with van der Waals surface area (Å²) in [6, 6.07) is 5.91. The van der Waals surface area contributed by atoms with E-state index in [-0.39, 0.29) is 30.3 Å². The fraction of sp³-hybridized carbons (Fsp3) is 0.467. The summed E-state index contributed by atoms with van der Waals surface area (Å²) in [6.45, 7) is 2.65. The van der Waals surface area contributed by atoms with Crippen LogP contribution in [0.5, 0.6) is 0 Å². The average molecular weight is 312 g/mol. The van der Waals surface area contributed by atoms with Gasteiger partial charge in [-0.15, -0.1) is 12.4 Å². The first-order valence-corrected chi connectivity index (χ1v) is 6.97. The molecule has 1 heterocycles. The van der Waals surface area contributed by atoms with Crippen molar-refractivity contribution < 1.29 is 9.59 Å². The quantitative estimate of drug-likeness (QED) is 0.776. The molecule has 1 aliphatic rings. The predicted octanol–water partition coefficient (Wildman–Crippen LogP) is 1.78. The lowest BCUT2D eigenvalue weighted by molar-refractivity contribution is -0.121. The molecule has 2 rings (SSSR count). The Bertz CT molecular complexity index is 520. The third-order valence-electron chi connectivity index (χ3n) is 3.50. The zero-order valence-corrected chi connectivity index (χ0v) is 13.2. The molecule has 0 saturated carbocycles. The second-order valence-electron chi connectivity index (χ2n) is 5.11. The van der Waals surface area contributed by atoms with Gasteiger partial charge < -0.3 is 16.0 Å². The van der Waals surface area contributed by atoms with Crippen LogP contribution in [-0.2, 0) is 16.0 Å². The van der Waals surface area contributed by atoms with Gasteiger partial charge in [0.05, 0.1) is 6.04 Å². The van der Waals surface area contributed by atoms with Gasteiger partial charge in [0.1, 0.15) is 0 Å². The molecule has 0 spiro atoms. The van der Waals surface area contributed by atoms with E-state index in [1.165, 1.54) is 0 Å². The number of benzene rings is 1. The highest BCUT2D eigenvalue weighted by Crippen LogP contribution is 2.26. The minimum absolute atomic E-state index is 0. The number of carbonyl (C=O) groups is 2. The van der Waals surface area contributed by atoms with Crippen LogP contribution in [-0.4, -0.2) is 25.4 Å². The zero-order valence-electron chi connectivity index (χ0n) is 12.4. The second-order valence-corrected chi connectivity index (χ2v) is 5.11. The van der Waals surface area contributed by atoms with Gasteiger partial charge in [0.2, 0.25) is 11.8 Å². The Morgan fingerprint density at radius 3 is 2.86 bits per heavy atom. The summed E-state index contributed by atoms with van der Waals surface area (Å²) in [6.07, 6.45) is 1.76. The highest BCUT2D eigenvalue weighted by Gasteiger charge is 2.16. The summed E-state index contributed by atoms with van der Waals surface area (Å²) in [5, 5.41) is 8.80. The van der Waals surface area contributed by atoms with Crippen LogP contribution in [0.25, 0.3) is 0 Å². The minimum atomic E-state index is -0.0257. The van der Waals surface area contributed by atoms with E-state index in [0.29, 0.717) is 19.4 Å². The Labute approximate surface area is 131 Å². The van der Waals surface area contributed by atoms with Gasteiger partial charge in [-0.3, -0.25) is 9.59 Å². The number of anilines is 1. The van der Waals surface area contributed by atoms with E-state index in [0.717, 1.165) is 23.2 Å². The van der Waals surface area contributed by atoms with Crippen molar-refractivity contribution in [1.29, 1.82) is 0 Å². The summed E-state index contributed by atoms with van der Waals surface area (Å²) in [4.78, 5) is 23.0. The van der Waals surface area contributed by atoms with Crippen molar-refractivity contribution in [3.05, 3.63) is 29.3 Å². The maximum Gasteiger partial charge on any atom is 0.224 e. The van der Waals surface area contributed by atoms with E-state index in [1.807, 2.05) is 26.1 Å². The number of hydrogen-bond donors (Lipinski definition) is 3. The third kappa shape index (κ3) is 4.72. The Hall–Kier alpha value is -1.59. The van der Waals surface area contributed by atoms with Gasteiger partial charge in [0.15, 0.2) is 0 Å². The first-order chi connectivity index (χ1) is 9.60. The molecule has 0 fully saturated rings. The maximum atomic E-state index is 11.7. The molecule has 6 heteroatoms. The SMILES string of the molecule is CNCCC(=O)NC(C)c1ccc2c(c1)CCC(=O)N2.Cl. The first kappa shape index (κ1) is 17.5. The van der Waals surface area contributed by atoms with Gasteiger partial charge in [0.25, 0.3) is 0 Å². The number of halogens is 1. The van der Waals surface area contributed by atoms with Gasteiger partial charge in [-0.25, -0.2) is 0 Å². The maximum absolute atomic E-state index is 11.7. The van der Waals surface area contributed by atoms with Crippen LogP contribution in [0.15, 0.2) is 18.2 Å². The van der Waals surface area contributed by atoms with E-state index < -0.39 is 0 Å². The number of carbonyl (C=O) groups excluding carboxylic acids is 2. The molecule has 1 atom stereocenters. The summed E-state index contributed by atoms with van der Waals surface area (Å²) in [5.74, 6) is 0.108. The Kier molecular flexibility index (Phi) is 6.65. The number of aryl methyl sites for hydroxylation is 1. The molecule has 0 aromatic heterocycles. The molecule has 2 amide bonds. The van der Waals surface area contributed by atoms with Crippen LogP contribution in [0.1, 0.15) is 36.9 Å². The minimum Gasteiger partial charge on any atom is -0.350 e. The molecule has 1 aromatic carbocycles. The van der Waals surface area contributed by atoms with Crippen molar-refractivity contribution in [2.24, 2.45) is 0 Å². The second kappa shape index (κ2) is 8.00. The van der Waals surface area contributed by atoms with Crippen molar-refractivity contribution in [3.63, 3.8) is 0 Å². The van der Waals surface area contributed by atoms with Gasteiger partial charge in [-0.1, -0.05) is 12.1 Å². The Balaban J connectivity index is 0.00000220. The smallest absolute Gasteiger partial charge is 0.224 e. The van der Waals surface area contributed by atoms with Gasteiger partial charge >= 0.3 is 0 Å². The van der Waals surface area contributed by atoms with Gasteiger partial charge in [-0.05, 0) is 37.6 Å². The van der Waals surface area contributed by atoms with Crippen molar-refractivity contribution in [3.8, 4) is 0 Å². The number of rotatable bonds is 5. The van der Waals surface area contributed by atoms with Crippen LogP contribution < -0.4 is 16.0 Å². The zero-order chi connectivity index (χ0) is 14.5. The van der Waals surface area contributed by atoms with E-state index in [2.05, 4.69) is 22.0 Å². The highest BCUT2D eigenvalue weighted by molar-refractivity contribution is 5.93. The normalized spacial score (nSPS) is 14.5. The predicted molar refractivity (Wildman–Crippen MR) is 85.7 cm³/mol. The largest absolute Gasteiger partial charge is 0.350 e. The highest BCUT2D eigenvalue weighted by atomic mass is 35.5. The molecule has 116 valence electrons. The first-order valence-electron chi connectivity index (χ1n) is 6.97. The summed E-state index contributed by atoms with van der Waals surface area (Å²) < 4.78 is 0. The Morgan fingerprint density at radius 1 is 1.38 bits per heavy atom. The number of amides is 2. The summed E-state index contributed by atoms with van der Waals surface area (Å²) in [7, 11) is 1.83. The molecular weight excluding hydrogens is 290 g/mol. The molecule has 1 aliphatic heterocycles. The van der Waals surface area contributed by atoms with E-state index >= 15 is 0 Å². The molecule has 0 radical (unpaired) electrons. The molecule has 0 saturated heterocycles. The lowest BCUT2D eigenvalue weighted by Crippen LogP contribution is -2.29. The lowest BCUT2D eigenvalue weighted by Gasteiger charge is -2.20. The van der Waals surface area contributed by atoms with Crippen LogP contribution in [0, 0.1) is 0 Å². The molecular formula is C15H22ClN3O2. The van der Waals surface area contributed by atoms with Crippen molar-refractivity contribution >= 4 is 29.9 Å². The molecule has 3 N–H and O–H groups in total. The fourth-order valence-corrected chi connectivity index (χ4v) is 2.31. The van der Waals surface area contributed by atoms with Crippen LogP contribution >= 0.6 is 12.4 Å². The standard InChI is InChI=1S/C15H21N3O2.ClH/c1-10(17-15(20)7-8-16-2)11-3-5-13-12(9-11)4-6-14(19)18-13;/h3,5,9-10,16H,4,6-8H2,1-2H3,(H,17,20)(H,18,19);1H. The summed E-state index contributed by atoms with van der Waals surface area (Å²) in [5.41, 5.74) is 3.09. The lowest BCUT2D eigenvalue weighted by atomic mass is 9.98. The number of nitrogens with one attached hydrogen (secondary N) is 3. The molecule has 21 heavy (non-hydrogen) atoms. The van der Waals surface area contributed by atoms with Crippen LogP contribution in [0.2, 0.25) is 0 Å². The van der Waals surface area contributed by atoms with Crippen molar-refractivity contribution in [1.82, 2.24) is 10.6 Å². The molecule has 1 unspecified atom stereocenters. The van der Waals surface area contributed by atoms with Crippen molar-refractivity contribution in [2.45, 2.75) is 32.2 Å². The molecule has 1 aromatic rings. The van der Waals surface area contributed by atoms with Crippen molar-refractivity contribution in [2.75, 3.05) is 18.9 Å². The molecule has 5 nitrogen and oxygen atoms in total. The number of fused-ring (bicyclic) bond motifs is 1. The van der Waals surface area contributed by atoms with Gasteiger partial charge in [-0.2, -0.15) is 0 Å². The van der Waals surface area contributed by atoms with Crippen LogP contribution in [0.4, 0.5) is 5.69 Å². The summed E-state index contributed by atoms with van der Waals surface area (Å²) >= 11 is 0. The number of hydrogen-bond acceptors (Lipinski definition) is 3. The average Bonchev–Trinajstić information content (AvgIpc) is 2.44. The molecule has 0 aliphatic carbocycles. The Morgan fingerprint density at radius 2 is 2.14 bits per heavy atom. The topological polar surface area (TPSA) is 70.2 Å². The monoisotopic (exact) mass is 311 g/mol. The van der Waals surface area contributed by atoms with Crippen LogP contribution in [0.3, 0.4) is 0 Å². The third-order valence-corrected chi connectivity index (χ3v) is 3.50. The van der Waals surface area contributed by atoms with Gasteiger partial charge in [0, 0.05) is 25.1 Å². The van der Waals surface area contributed by atoms with E-state index in [4.69, 9.17) is 0 Å². The van der Waals surface area contributed by atoms with E-state index in [1.54, 1.807) is 0 Å². The molecule has 0 bridgehead atoms.